The van der Waals surface area contributed by atoms with Crippen molar-refractivity contribution in [3.63, 3.8) is 0 Å². The molecule has 0 bridgehead atoms. The van der Waals surface area contributed by atoms with E-state index in [-0.39, 0.29) is 5.82 Å². The third kappa shape index (κ3) is 2.07. The molecule has 2 heteroatoms. The molecule has 1 aromatic rings. The van der Waals surface area contributed by atoms with Crippen molar-refractivity contribution < 1.29 is 4.39 Å². The highest BCUT2D eigenvalue weighted by Crippen LogP contribution is 2.28. The van der Waals surface area contributed by atoms with Crippen LogP contribution in [-0.2, 0) is 6.42 Å². The van der Waals surface area contributed by atoms with Gasteiger partial charge in [0, 0.05) is 6.04 Å². The van der Waals surface area contributed by atoms with Crippen LogP contribution in [0, 0.1) is 11.7 Å². The molecule has 0 radical (unpaired) electrons. The van der Waals surface area contributed by atoms with Gasteiger partial charge in [0.2, 0.25) is 0 Å². The van der Waals surface area contributed by atoms with Crippen LogP contribution in [0.15, 0.2) is 24.3 Å². The average molecular weight is 179 g/mol. The van der Waals surface area contributed by atoms with E-state index >= 15 is 0 Å². The van der Waals surface area contributed by atoms with Gasteiger partial charge in [-0.05, 0) is 42.9 Å². The molecule has 0 heterocycles. The number of rotatable bonds is 2. The molecule has 1 aromatic carbocycles. The van der Waals surface area contributed by atoms with Crippen molar-refractivity contribution in [2.24, 2.45) is 11.7 Å². The molecule has 0 spiro atoms. The Bertz CT molecular complexity index is 275. The highest BCUT2D eigenvalue weighted by atomic mass is 19.1. The van der Waals surface area contributed by atoms with Gasteiger partial charge >= 0.3 is 0 Å². The predicted octanol–water partition coefficient (Wildman–Crippen LogP) is 2.11. The maximum Gasteiger partial charge on any atom is 0.123 e. The fourth-order valence-electron chi connectivity index (χ4n) is 1.91. The van der Waals surface area contributed by atoms with Gasteiger partial charge in [-0.25, -0.2) is 4.39 Å². The van der Waals surface area contributed by atoms with E-state index < -0.39 is 0 Å². The number of hydrogen-bond acceptors (Lipinski definition) is 1. The topological polar surface area (TPSA) is 26.0 Å². The maximum absolute atomic E-state index is 12.6. The first kappa shape index (κ1) is 8.70. The molecule has 2 rings (SSSR count). The molecule has 1 saturated carbocycles. The third-order valence-electron chi connectivity index (χ3n) is 2.71. The molecule has 2 N–H and O–H groups in total. The minimum atomic E-state index is -0.158. The summed E-state index contributed by atoms with van der Waals surface area (Å²) in [5.41, 5.74) is 6.91. The molecule has 0 saturated heterocycles. The molecule has 1 aliphatic carbocycles. The Morgan fingerprint density at radius 2 is 1.85 bits per heavy atom. The Hall–Kier alpha value is -0.890. The number of halogens is 1. The van der Waals surface area contributed by atoms with Gasteiger partial charge < -0.3 is 5.73 Å². The van der Waals surface area contributed by atoms with Crippen LogP contribution in [0.4, 0.5) is 4.39 Å². The quantitative estimate of drug-likeness (QED) is 0.739. The highest BCUT2D eigenvalue weighted by Gasteiger charge is 2.25. The van der Waals surface area contributed by atoms with E-state index in [9.17, 15) is 4.39 Å². The van der Waals surface area contributed by atoms with Crippen molar-refractivity contribution in [2.45, 2.75) is 25.3 Å². The van der Waals surface area contributed by atoms with Crippen LogP contribution < -0.4 is 5.73 Å². The van der Waals surface area contributed by atoms with Gasteiger partial charge in [0.1, 0.15) is 5.82 Å². The Morgan fingerprint density at radius 3 is 2.38 bits per heavy atom. The van der Waals surface area contributed by atoms with E-state index in [0.29, 0.717) is 6.04 Å². The van der Waals surface area contributed by atoms with Gasteiger partial charge in [-0.1, -0.05) is 12.1 Å². The van der Waals surface area contributed by atoms with Crippen LogP contribution in [0.2, 0.25) is 0 Å². The lowest BCUT2D eigenvalue weighted by Gasteiger charge is -2.32. The summed E-state index contributed by atoms with van der Waals surface area (Å²) >= 11 is 0. The van der Waals surface area contributed by atoms with Crippen molar-refractivity contribution in [1.82, 2.24) is 0 Å². The minimum absolute atomic E-state index is 0.158. The first-order valence-electron chi connectivity index (χ1n) is 4.74. The SMILES string of the molecule is NC1CC(Cc2ccc(F)cc2)C1. The Labute approximate surface area is 77.8 Å². The molecule has 70 valence electrons. The van der Waals surface area contributed by atoms with Crippen molar-refractivity contribution >= 4 is 0 Å². The number of nitrogens with two attached hydrogens (primary N) is 1. The third-order valence-corrected chi connectivity index (χ3v) is 2.71. The highest BCUT2D eigenvalue weighted by molar-refractivity contribution is 5.17. The molecule has 0 unspecified atom stereocenters. The summed E-state index contributed by atoms with van der Waals surface area (Å²) in [6, 6.07) is 7.17. The lowest BCUT2D eigenvalue weighted by Crippen LogP contribution is -2.37. The van der Waals surface area contributed by atoms with Crippen molar-refractivity contribution in [3.05, 3.63) is 35.6 Å². The van der Waals surface area contributed by atoms with Crippen molar-refractivity contribution in [3.8, 4) is 0 Å². The van der Waals surface area contributed by atoms with Crippen LogP contribution in [0.3, 0.4) is 0 Å². The zero-order chi connectivity index (χ0) is 9.26. The van der Waals surface area contributed by atoms with Crippen LogP contribution in [0.1, 0.15) is 18.4 Å². The second-order valence-electron chi connectivity index (χ2n) is 3.93. The molecule has 1 nitrogen and oxygen atoms in total. The van der Waals surface area contributed by atoms with Crippen molar-refractivity contribution in [2.75, 3.05) is 0 Å². The summed E-state index contributed by atoms with van der Waals surface area (Å²) in [5.74, 6) is 0.564. The van der Waals surface area contributed by atoms with Gasteiger partial charge in [0.15, 0.2) is 0 Å². The lowest BCUT2D eigenvalue weighted by molar-refractivity contribution is 0.264. The van der Waals surface area contributed by atoms with Gasteiger partial charge in [-0.2, -0.15) is 0 Å². The number of benzene rings is 1. The first-order chi connectivity index (χ1) is 6.24. The minimum Gasteiger partial charge on any atom is -0.328 e. The molecular formula is C11H14FN. The Kier molecular flexibility index (Phi) is 2.32. The second-order valence-corrected chi connectivity index (χ2v) is 3.93. The zero-order valence-corrected chi connectivity index (χ0v) is 7.54. The smallest absolute Gasteiger partial charge is 0.123 e. The number of hydrogen-bond donors (Lipinski definition) is 1. The van der Waals surface area contributed by atoms with E-state index in [1.54, 1.807) is 0 Å². The summed E-state index contributed by atoms with van der Waals surface area (Å²) in [5, 5.41) is 0. The monoisotopic (exact) mass is 179 g/mol. The van der Waals surface area contributed by atoms with E-state index in [0.717, 1.165) is 25.2 Å². The standard InChI is InChI=1S/C11H14FN/c12-10-3-1-8(2-4-10)5-9-6-11(13)7-9/h1-4,9,11H,5-7,13H2. The van der Waals surface area contributed by atoms with Crippen LogP contribution in [0.5, 0.6) is 0 Å². The van der Waals surface area contributed by atoms with E-state index in [1.807, 2.05) is 12.1 Å². The summed E-state index contributed by atoms with van der Waals surface area (Å²) in [4.78, 5) is 0. The molecule has 0 amide bonds. The van der Waals surface area contributed by atoms with Crippen molar-refractivity contribution in [1.29, 1.82) is 0 Å². The average Bonchev–Trinajstić information content (AvgIpc) is 2.06. The summed E-state index contributed by atoms with van der Waals surface area (Å²) in [6.07, 6.45) is 3.29. The van der Waals surface area contributed by atoms with Gasteiger partial charge in [0.25, 0.3) is 0 Å². The zero-order valence-electron chi connectivity index (χ0n) is 7.54. The van der Waals surface area contributed by atoms with Gasteiger partial charge in [-0.15, -0.1) is 0 Å². The normalized spacial score (nSPS) is 26.9. The van der Waals surface area contributed by atoms with Crippen LogP contribution in [0.25, 0.3) is 0 Å². The molecule has 1 fully saturated rings. The van der Waals surface area contributed by atoms with Crippen LogP contribution >= 0.6 is 0 Å². The fourth-order valence-corrected chi connectivity index (χ4v) is 1.91. The fraction of sp³-hybridized carbons (Fsp3) is 0.455. The molecular weight excluding hydrogens is 165 g/mol. The summed E-state index contributed by atoms with van der Waals surface area (Å²) < 4.78 is 12.6. The predicted molar refractivity (Wildman–Crippen MR) is 50.8 cm³/mol. The maximum atomic E-state index is 12.6. The summed E-state index contributed by atoms with van der Waals surface area (Å²) in [6.45, 7) is 0. The van der Waals surface area contributed by atoms with Gasteiger partial charge in [0.05, 0.1) is 0 Å². The van der Waals surface area contributed by atoms with E-state index in [4.69, 9.17) is 5.73 Å². The molecule has 0 aromatic heterocycles. The molecule has 0 atom stereocenters. The van der Waals surface area contributed by atoms with E-state index in [1.165, 1.54) is 17.7 Å². The van der Waals surface area contributed by atoms with Gasteiger partial charge in [-0.3, -0.25) is 0 Å². The van der Waals surface area contributed by atoms with Crippen LogP contribution in [-0.4, -0.2) is 6.04 Å². The largest absolute Gasteiger partial charge is 0.328 e. The molecule has 13 heavy (non-hydrogen) atoms. The lowest BCUT2D eigenvalue weighted by atomic mass is 9.77. The summed E-state index contributed by atoms with van der Waals surface area (Å²) in [7, 11) is 0. The molecule has 1 aliphatic rings. The Balaban J connectivity index is 1.91. The first-order valence-corrected chi connectivity index (χ1v) is 4.74. The second kappa shape index (κ2) is 3.46. The van der Waals surface area contributed by atoms with E-state index in [2.05, 4.69) is 0 Å². The molecule has 0 aliphatic heterocycles. The Morgan fingerprint density at radius 1 is 1.23 bits per heavy atom.